The molecule has 0 bridgehead atoms. The Hall–Kier alpha value is -3.81. The van der Waals surface area contributed by atoms with Gasteiger partial charge in [-0.2, -0.15) is 0 Å². The van der Waals surface area contributed by atoms with Crippen LogP contribution in [0.3, 0.4) is 0 Å². The molecule has 0 fully saturated rings. The third kappa shape index (κ3) is 6.12. The number of carbonyl (C=O) groups excluding carboxylic acids is 3. The summed E-state index contributed by atoms with van der Waals surface area (Å²) in [6.07, 6.45) is 0. The molecule has 0 aromatic heterocycles. The molecule has 1 unspecified atom stereocenters. The molecule has 2 aromatic carbocycles. The van der Waals surface area contributed by atoms with Crippen LogP contribution < -0.4 is 15.4 Å². The molecule has 2 aromatic rings. The zero-order valence-corrected chi connectivity index (χ0v) is 18.9. The van der Waals surface area contributed by atoms with Crippen LogP contribution in [-0.4, -0.2) is 37.8 Å². The standard InChI is InChI=1S/C25H28N2O6/c1-4-31-24(29)22-19(26-25(30)27-23(22)17-10-6-5-7-11-17)14-33-21(28)15-32-20-13-9-8-12-18(20)16(2)3/h5-13,16,23H,4,14-15H2,1-3H3,(H2,26,27,30). The number of hydrogen-bond donors (Lipinski definition) is 2. The predicted molar refractivity (Wildman–Crippen MR) is 121 cm³/mol. The maximum Gasteiger partial charge on any atom is 0.344 e. The molecule has 1 aliphatic heterocycles. The Balaban J connectivity index is 1.75. The summed E-state index contributed by atoms with van der Waals surface area (Å²) in [6.45, 7) is 5.31. The van der Waals surface area contributed by atoms with Crippen LogP contribution in [0.4, 0.5) is 4.79 Å². The number of urea groups is 1. The minimum Gasteiger partial charge on any atom is -0.482 e. The number of esters is 2. The number of amides is 2. The number of carbonyl (C=O) groups is 3. The van der Waals surface area contributed by atoms with E-state index < -0.39 is 24.0 Å². The molecule has 3 rings (SSSR count). The molecule has 1 atom stereocenters. The van der Waals surface area contributed by atoms with E-state index in [-0.39, 0.29) is 37.0 Å². The molecular weight excluding hydrogens is 424 g/mol. The molecule has 0 spiro atoms. The topological polar surface area (TPSA) is 103 Å². The first kappa shape index (κ1) is 23.8. The molecule has 174 valence electrons. The molecule has 8 nitrogen and oxygen atoms in total. The van der Waals surface area contributed by atoms with Gasteiger partial charge in [0.2, 0.25) is 0 Å². The second kappa shape index (κ2) is 11.2. The molecule has 33 heavy (non-hydrogen) atoms. The number of nitrogens with one attached hydrogen (secondary N) is 2. The van der Waals surface area contributed by atoms with Gasteiger partial charge in [0.1, 0.15) is 12.4 Å². The van der Waals surface area contributed by atoms with E-state index in [0.29, 0.717) is 11.3 Å². The van der Waals surface area contributed by atoms with Crippen molar-refractivity contribution in [2.45, 2.75) is 32.7 Å². The molecule has 0 saturated carbocycles. The lowest BCUT2D eigenvalue weighted by Crippen LogP contribution is -2.47. The molecule has 0 radical (unpaired) electrons. The highest BCUT2D eigenvalue weighted by molar-refractivity contribution is 5.95. The first-order valence-electron chi connectivity index (χ1n) is 10.8. The van der Waals surface area contributed by atoms with E-state index in [0.717, 1.165) is 5.56 Å². The fourth-order valence-corrected chi connectivity index (χ4v) is 3.50. The minimum atomic E-state index is -0.734. The molecular formula is C25H28N2O6. The quantitative estimate of drug-likeness (QED) is 0.564. The van der Waals surface area contributed by atoms with Gasteiger partial charge in [0.15, 0.2) is 6.61 Å². The average molecular weight is 453 g/mol. The SMILES string of the molecule is CCOC(=O)C1=C(COC(=O)COc2ccccc2C(C)C)NC(=O)NC1c1ccccc1. The monoisotopic (exact) mass is 452 g/mol. The first-order valence-corrected chi connectivity index (χ1v) is 10.8. The van der Waals surface area contributed by atoms with Gasteiger partial charge in [-0.3, -0.25) is 0 Å². The van der Waals surface area contributed by atoms with E-state index in [9.17, 15) is 14.4 Å². The van der Waals surface area contributed by atoms with Gasteiger partial charge in [0, 0.05) is 0 Å². The van der Waals surface area contributed by atoms with Crippen LogP contribution in [0, 0.1) is 0 Å². The number of hydrogen-bond acceptors (Lipinski definition) is 6. The molecule has 1 aliphatic rings. The smallest absolute Gasteiger partial charge is 0.344 e. The summed E-state index contributed by atoms with van der Waals surface area (Å²) in [6, 6.07) is 15.3. The van der Waals surface area contributed by atoms with Crippen LogP contribution in [-0.2, 0) is 19.1 Å². The second-order valence-corrected chi connectivity index (χ2v) is 7.70. The van der Waals surface area contributed by atoms with Gasteiger partial charge in [-0.05, 0) is 30.0 Å². The second-order valence-electron chi connectivity index (χ2n) is 7.70. The lowest BCUT2D eigenvalue weighted by atomic mass is 9.95. The van der Waals surface area contributed by atoms with E-state index in [2.05, 4.69) is 10.6 Å². The number of rotatable bonds is 9. The van der Waals surface area contributed by atoms with E-state index in [4.69, 9.17) is 14.2 Å². The Morgan fingerprint density at radius 3 is 2.39 bits per heavy atom. The summed E-state index contributed by atoms with van der Waals surface area (Å²) in [7, 11) is 0. The predicted octanol–water partition coefficient (Wildman–Crippen LogP) is 3.60. The van der Waals surface area contributed by atoms with Crippen molar-refractivity contribution in [3.05, 3.63) is 77.0 Å². The number of ether oxygens (including phenoxy) is 3. The van der Waals surface area contributed by atoms with E-state index in [1.54, 1.807) is 37.3 Å². The number of benzene rings is 2. The fourth-order valence-electron chi connectivity index (χ4n) is 3.50. The maximum atomic E-state index is 12.7. The lowest BCUT2D eigenvalue weighted by molar-refractivity contribution is -0.145. The maximum absolute atomic E-state index is 12.7. The zero-order valence-electron chi connectivity index (χ0n) is 18.9. The van der Waals surface area contributed by atoms with Crippen molar-refractivity contribution in [1.29, 1.82) is 0 Å². The van der Waals surface area contributed by atoms with E-state index in [1.165, 1.54) is 0 Å². The van der Waals surface area contributed by atoms with Crippen LogP contribution in [0.5, 0.6) is 5.75 Å². The third-order valence-corrected chi connectivity index (χ3v) is 5.05. The van der Waals surface area contributed by atoms with E-state index in [1.807, 2.05) is 38.1 Å². The molecule has 0 saturated heterocycles. The molecule has 1 heterocycles. The van der Waals surface area contributed by atoms with Crippen LogP contribution in [0.15, 0.2) is 65.9 Å². The van der Waals surface area contributed by atoms with Crippen molar-refractivity contribution in [3.63, 3.8) is 0 Å². The highest BCUT2D eigenvalue weighted by Gasteiger charge is 2.34. The largest absolute Gasteiger partial charge is 0.482 e. The van der Waals surface area contributed by atoms with Crippen molar-refractivity contribution in [1.82, 2.24) is 10.6 Å². The fraction of sp³-hybridized carbons (Fsp3) is 0.320. The summed E-state index contributed by atoms with van der Waals surface area (Å²) in [5.41, 5.74) is 2.03. The molecule has 2 amide bonds. The number of para-hydroxylation sites is 1. The van der Waals surface area contributed by atoms with Crippen molar-refractivity contribution in [3.8, 4) is 5.75 Å². The molecule has 0 aliphatic carbocycles. The van der Waals surface area contributed by atoms with Crippen molar-refractivity contribution in [2.24, 2.45) is 0 Å². The van der Waals surface area contributed by atoms with Gasteiger partial charge in [-0.15, -0.1) is 0 Å². The summed E-state index contributed by atoms with van der Waals surface area (Å²) in [4.78, 5) is 37.3. The first-order chi connectivity index (χ1) is 15.9. The highest BCUT2D eigenvalue weighted by atomic mass is 16.6. The Morgan fingerprint density at radius 1 is 1.00 bits per heavy atom. The molecule has 8 heteroatoms. The van der Waals surface area contributed by atoms with Crippen molar-refractivity contribution >= 4 is 18.0 Å². The van der Waals surface area contributed by atoms with Crippen LogP contribution in [0.2, 0.25) is 0 Å². The van der Waals surface area contributed by atoms with E-state index >= 15 is 0 Å². The Bertz CT molecular complexity index is 1030. The van der Waals surface area contributed by atoms with Crippen LogP contribution >= 0.6 is 0 Å². The summed E-state index contributed by atoms with van der Waals surface area (Å²) >= 11 is 0. The average Bonchev–Trinajstić information content (AvgIpc) is 2.81. The van der Waals surface area contributed by atoms with Gasteiger partial charge in [-0.25, -0.2) is 14.4 Å². The highest BCUT2D eigenvalue weighted by Crippen LogP contribution is 2.28. The van der Waals surface area contributed by atoms with Gasteiger partial charge in [0.05, 0.1) is 23.9 Å². The lowest BCUT2D eigenvalue weighted by Gasteiger charge is -2.29. The van der Waals surface area contributed by atoms with Crippen molar-refractivity contribution in [2.75, 3.05) is 19.8 Å². The van der Waals surface area contributed by atoms with Crippen LogP contribution in [0.1, 0.15) is 43.9 Å². The van der Waals surface area contributed by atoms with Gasteiger partial charge in [0.25, 0.3) is 0 Å². The molecule has 2 N–H and O–H groups in total. The zero-order chi connectivity index (χ0) is 23.8. The summed E-state index contributed by atoms with van der Waals surface area (Å²) < 4.78 is 16.2. The Morgan fingerprint density at radius 2 is 1.70 bits per heavy atom. The summed E-state index contributed by atoms with van der Waals surface area (Å²) in [5, 5.41) is 5.30. The summed E-state index contributed by atoms with van der Waals surface area (Å²) in [5.74, 6) is -0.398. The van der Waals surface area contributed by atoms with Crippen molar-refractivity contribution < 1.29 is 28.6 Å². The Kier molecular flexibility index (Phi) is 8.07. The third-order valence-electron chi connectivity index (χ3n) is 5.05. The Labute approximate surface area is 192 Å². The normalized spacial score (nSPS) is 15.5. The van der Waals surface area contributed by atoms with Gasteiger partial charge < -0.3 is 24.8 Å². The minimum absolute atomic E-state index is 0.161. The van der Waals surface area contributed by atoms with Gasteiger partial charge in [-0.1, -0.05) is 62.4 Å². The van der Waals surface area contributed by atoms with Crippen LogP contribution in [0.25, 0.3) is 0 Å². The van der Waals surface area contributed by atoms with Gasteiger partial charge >= 0.3 is 18.0 Å².